The van der Waals surface area contributed by atoms with Crippen LogP contribution in [0.1, 0.15) is 6.92 Å². The molecule has 0 fully saturated rings. The average Bonchev–Trinajstić information content (AvgIpc) is 2.12. The molecule has 0 saturated heterocycles. The van der Waals surface area contributed by atoms with Gasteiger partial charge in [0.05, 0.1) is 19.8 Å². The number of hydrogen-bond donors (Lipinski definition) is 0. The first-order valence-electron chi connectivity index (χ1n) is 3.94. The van der Waals surface area contributed by atoms with Gasteiger partial charge in [-0.15, -0.1) is 13.2 Å². The maximum atomic E-state index is 5.24. The summed E-state index contributed by atoms with van der Waals surface area (Å²) in [6.45, 7) is 7.48. The fourth-order valence-electron chi connectivity index (χ4n) is 0.558. The highest BCUT2D eigenvalue weighted by Crippen LogP contribution is 2.49. The Bertz CT molecular complexity index is 190. The van der Waals surface area contributed by atoms with Gasteiger partial charge in [0.25, 0.3) is 0 Å². The maximum Gasteiger partial charge on any atom is 0.327 e. The van der Waals surface area contributed by atoms with Crippen LogP contribution in [0.2, 0.25) is 0 Å². The molecule has 0 bridgehead atoms. The molecule has 3 nitrogen and oxygen atoms in total. The summed E-state index contributed by atoms with van der Waals surface area (Å²) in [5.41, 5.74) is 0. The topological polar surface area (TPSA) is 27.7 Å². The molecule has 0 aliphatic carbocycles. The summed E-state index contributed by atoms with van der Waals surface area (Å²) in [4.78, 5) is 0. The monoisotopic (exact) mass is 222 g/mol. The quantitative estimate of drug-likeness (QED) is 0.466. The summed E-state index contributed by atoms with van der Waals surface area (Å²) in [6.07, 6.45) is 3.22. The van der Waals surface area contributed by atoms with E-state index in [0.29, 0.717) is 19.8 Å². The van der Waals surface area contributed by atoms with Crippen molar-refractivity contribution >= 4 is 18.5 Å². The minimum Gasteiger partial charge on any atom is -0.309 e. The molecule has 0 amide bonds. The lowest BCUT2D eigenvalue weighted by Crippen LogP contribution is -1.99. The van der Waals surface area contributed by atoms with Gasteiger partial charge in [0.2, 0.25) is 0 Å². The lowest BCUT2D eigenvalue weighted by Gasteiger charge is -2.19. The highest BCUT2D eigenvalue weighted by atomic mass is 32.5. The Morgan fingerprint density at radius 2 is 1.62 bits per heavy atom. The molecule has 0 radical (unpaired) electrons. The molecule has 0 atom stereocenters. The molecule has 0 rings (SSSR count). The van der Waals surface area contributed by atoms with E-state index in [-0.39, 0.29) is 0 Å². The van der Waals surface area contributed by atoms with Gasteiger partial charge in [-0.3, -0.25) is 0 Å². The molecule has 76 valence electrons. The van der Waals surface area contributed by atoms with Crippen molar-refractivity contribution in [3.63, 3.8) is 0 Å². The van der Waals surface area contributed by atoms with Gasteiger partial charge in [-0.05, 0) is 18.7 Å². The first-order valence-corrected chi connectivity index (χ1v) is 6.49. The van der Waals surface area contributed by atoms with Gasteiger partial charge in [-0.2, -0.15) is 0 Å². The zero-order valence-corrected chi connectivity index (χ0v) is 9.48. The Balaban J connectivity index is 4.06. The SMILES string of the molecule is C=CCOP(=S)(OCC)OCC=C. The molecule has 0 unspecified atom stereocenters. The van der Waals surface area contributed by atoms with Gasteiger partial charge in [-0.1, -0.05) is 12.2 Å². The third-order valence-corrected chi connectivity index (χ3v) is 3.44. The lowest BCUT2D eigenvalue weighted by atomic mass is 10.7. The second-order valence-electron chi connectivity index (χ2n) is 2.03. The van der Waals surface area contributed by atoms with Crippen molar-refractivity contribution in [2.45, 2.75) is 6.92 Å². The summed E-state index contributed by atoms with van der Waals surface area (Å²) in [7, 11) is 0. The standard InChI is InChI=1S/C8H15O3PS/c1-4-7-10-12(13,9-6-3)11-8-5-2/h4-5H,1-2,6-8H2,3H3. The van der Waals surface area contributed by atoms with Crippen LogP contribution < -0.4 is 0 Å². The normalized spacial score (nSPS) is 11.2. The molecule has 0 spiro atoms. The molecular weight excluding hydrogens is 207 g/mol. The van der Waals surface area contributed by atoms with E-state index in [4.69, 9.17) is 25.4 Å². The zero-order chi connectivity index (χ0) is 10.2. The third-order valence-electron chi connectivity index (χ3n) is 0.988. The van der Waals surface area contributed by atoms with Crippen LogP contribution >= 0.6 is 6.72 Å². The highest BCUT2D eigenvalue weighted by Gasteiger charge is 2.18. The van der Waals surface area contributed by atoms with Crippen molar-refractivity contribution in [3.8, 4) is 0 Å². The first kappa shape index (κ1) is 13.0. The van der Waals surface area contributed by atoms with Gasteiger partial charge in [0.1, 0.15) is 0 Å². The summed E-state index contributed by atoms with van der Waals surface area (Å²) >= 11 is 5.08. The Kier molecular flexibility index (Phi) is 7.42. The predicted octanol–water partition coefficient (Wildman–Crippen LogP) is 2.65. The number of hydrogen-bond acceptors (Lipinski definition) is 4. The van der Waals surface area contributed by atoms with Crippen LogP contribution in [0, 0.1) is 0 Å². The summed E-state index contributed by atoms with van der Waals surface area (Å²) < 4.78 is 15.7. The molecule has 13 heavy (non-hydrogen) atoms. The molecule has 0 saturated carbocycles. The molecule has 0 aromatic heterocycles. The van der Waals surface area contributed by atoms with Gasteiger partial charge < -0.3 is 13.6 Å². The van der Waals surface area contributed by atoms with Crippen LogP contribution in [-0.2, 0) is 25.4 Å². The van der Waals surface area contributed by atoms with E-state index in [1.807, 2.05) is 6.92 Å². The summed E-state index contributed by atoms with van der Waals surface area (Å²) in [5.74, 6) is 0. The van der Waals surface area contributed by atoms with Crippen molar-refractivity contribution in [1.82, 2.24) is 0 Å². The van der Waals surface area contributed by atoms with Crippen molar-refractivity contribution in [2.24, 2.45) is 0 Å². The van der Waals surface area contributed by atoms with E-state index in [1.54, 1.807) is 12.2 Å². The lowest BCUT2D eigenvalue weighted by molar-refractivity contribution is 0.184. The molecule has 0 aliphatic heterocycles. The van der Waals surface area contributed by atoms with Gasteiger partial charge >= 0.3 is 6.72 Å². The van der Waals surface area contributed by atoms with Crippen molar-refractivity contribution in [3.05, 3.63) is 25.3 Å². The largest absolute Gasteiger partial charge is 0.327 e. The fraction of sp³-hybridized carbons (Fsp3) is 0.500. The van der Waals surface area contributed by atoms with Gasteiger partial charge in [0, 0.05) is 0 Å². The van der Waals surface area contributed by atoms with Crippen LogP contribution in [0.25, 0.3) is 0 Å². The van der Waals surface area contributed by atoms with E-state index >= 15 is 0 Å². The Hall–Kier alpha value is 0.0100. The summed E-state index contributed by atoms with van der Waals surface area (Å²) in [5, 5.41) is 0. The van der Waals surface area contributed by atoms with Crippen molar-refractivity contribution < 1.29 is 13.6 Å². The zero-order valence-electron chi connectivity index (χ0n) is 7.77. The Morgan fingerprint density at radius 3 is 1.92 bits per heavy atom. The van der Waals surface area contributed by atoms with Crippen LogP contribution in [-0.4, -0.2) is 19.8 Å². The molecule has 0 heterocycles. The second kappa shape index (κ2) is 7.42. The fourth-order valence-corrected chi connectivity index (χ4v) is 2.36. The smallest absolute Gasteiger partial charge is 0.309 e. The minimum absolute atomic E-state index is 0.342. The van der Waals surface area contributed by atoms with Crippen LogP contribution in [0.3, 0.4) is 0 Å². The summed E-state index contributed by atoms with van der Waals surface area (Å²) in [6, 6.07) is 0. The molecule has 0 aromatic carbocycles. The molecule has 5 heteroatoms. The number of rotatable bonds is 8. The molecule has 0 aliphatic rings. The second-order valence-corrected chi connectivity index (χ2v) is 5.04. The Labute approximate surface area is 84.6 Å². The van der Waals surface area contributed by atoms with Crippen LogP contribution in [0.4, 0.5) is 0 Å². The average molecular weight is 222 g/mol. The maximum absolute atomic E-state index is 5.24. The van der Waals surface area contributed by atoms with E-state index in [0.717, 1.165) is 0 Å². The minimum atomic E-state index is -2.56. The van der Waals surface area contributed by atoms with E-state index < -0.39 is 6.72 Å². The molecule has 0 N–H and O–H groups in total. The van der Waals surface area contributed by atoms with E-state index in [9.17, 15) is 0 Å². The molecule has 0 aromatic rings. The van der Waals surface area contributed by atoms with Crippen LogP contribution in [0.5, 0.6) is 0 Å². The van der Waals surface area contributed by atoms with Crippen LogP contribution in [0.15, 0.2) is 25.3 Å². The first-order chi connectivity index (χ1) is 6.18. The van der Waals surface area contributed by atoms with Crippen molar-refractivity contribution in [1.29, 1.82) is 0 Å². The molecular formula is C8H15O3PS. The van der Waals surface area contributed by atoms with Crippen molar-refractivity contribution in [2.75, 3.05) is 19.8 Å². The van der Waals surface area contributed by atoms with Gasteiger partial charge in [-0.25, -0.2) is 0 Å². The van der Waals surface area contributed by atoms with Gasteiger partial charge in [0.15, 0.2) is 0 Å². The highest BCUT2D eigenvalue weighted by molar-refractivity contribution is 8.07. The van der Waals surface area contributed by atoms with E-state index in [1.165, 1.54) is 0 Å². The predicted molar refractivity (Wildman–Crippen MR) is 58.2 cm³/mol. The Morgan fingerprint density at radius 1 is 1.15 bits per heavy atom. The third kappa shape index (κ3) is 6.13. The van der Waals surface area contributed by atoms with E-state index in [2.05, 4.69) is 13.2 Å².